The zero-order valence-electron chi connectivity index (χ0n) is 19.6. The molecule has 1 N–H and O–H groups in total. The molecule has 0 bridgehead atoms. The maximum absolute atomic E-state index is 12.3. The first-order chi connectivity index (χ1) is 17.1. The lowest BCUT2D eigenvalue weighted by atomic mass is 10.0. The number of aliphatic hydroxyl groups is 1. The van der Waals surface area contributed by atoms with Gasteiger partial charge in [-0.1, -0.05) is 91.0 Å². The fourth-order valence-corrected chi connectivity index (χ4v) is 3.51. The van der Waals surface area contributed by atoms with E-state index in [9.17, 15) is 14.7 Å². The van der Waals surface area contributed by atoms with Crippen LogP contribution in [0.5, 0.6) is 0 Å². The Hall–Kier alpha value is -3.36. The molecule has 35 heavy (non-hydrogen) atoms. The number of methoxy groups -OCH3 is 1. The van der Waals surface area contributed by atoms with E-state index < -0.39 is 30.4 Å². The number of hydrogen-bond acceptors (Lipinski definition) is 7. The van der Waals surface area contributed by atoms with Gasteiger partial charge in [0.25, 0.3) is 0 Å². The fraction of sp³-hybridized carbons (Fsp3) is 0.286. The van der Waals surface area contributed by atoms with Crippen LogP contribution in [0.4, 0.5) is 0 Å². The Morgan fingerprint density at radius 3 is 1.51 bits per heavy atom. The average Bonchev–Trinajstić information content (AvgIpc) is 2.92. The first kappa shape index (κ1) is 26.2. The summed E-state index contributed by atoms with van der Waals surface area (Å²) in [5.74, 6) is -0.899. The van der Waals surface area contributed by atoms with Crippen LogP contribution in [-0.2, 0) is 48.4 Å². The summed E-state index contributed by atoms with van der Waals surface area (Å²) in [5, 5.41) is 10.8. The highest BCUT2D eigenvalue weighted by molar-refractivity contribution is 5.75. The highest BCUT2D eigenvalue weighted by Crippen LogP contribution is 2.21. The number of esters is 1. The van der Waals surface area contributed by atoms with Crippen molar-refractivity contribution < 1.29 is 33.6 Å². The third-order valence-corrected chi connectivity index (χ3v) is 5.39. The minimum atomic E-state index is -1.70. The molecule has 3 aromatic rings. The quantitative estimate of drug-likeness (QED) is 0.280. The van der Waals surface area contributed by atoms with Gasteiger partial charge in [-0.25, -0.2) is 4.79 Å². The summed E-state index contributed by atoms with van der Waals surface area (Å²) in [6.45, 7) is 0.327. The Kier molecular flexibility index (Phi) is 10.6. The molecule has 3 rings (SSSR count). The van der Waals surface area contributed by atoms with E-state index in [-0.39, 0.29) is 19.8 Å². The molecule has 0 amide bonds. The summed E-state index contributed by atoms with van der Waals surface area (Å²) >= 11 is 0. The number of rotatable bonds is 14. The SMILES string of the molecule is COC(=O)[C@@H](O)[C@H](OCc1ccccc1)[C@H](OCc1ccccc1)[C@H](C=O)OCc1ccccc1. The number of carbonyl (C=O) groups is 2. The van der Waals surface area contributed by atoms with Crippen LogP contribution in [0.3, 0.4) is 0 Å². The van der Waals surface area contributed by atoms with Crippen LogP contribution in [-0.4, -0.2) is 48.9 Å². The van der Waals surface area contributed by atoms with Gasteiger partial charge in [0, 0.05) is 0 Å². The molecule has 0 spiro atoms. The van der Waals surface area contributed by atoms with Gasteiger partial charge in [-0.05, 0) is 16.7 Å². The lowest BCUT2D eigenvalue weighted by Crippen LogP contribution is -2.52. The molecule has 0 unspecified atom stereocenters. The monoisotopic (exact) mass is 478 g/mol. The summed E-state index contributed by atoms with van der Waals surface area (Å²) in [4.78, 5) is 24.5. The molecule has 0 saturated carbocycles. The van der Waals surface area contributed by atoms with Crippen LogP contribution in [0.1, 0.15) is 16.7 Å². The summed E-state index contributed by atoms with van der Waals surface area (Å²) in [6.07, 6.45) is -4.57. The summed E-state index contributed by atoms with van der Waals surface area (Å²) in [5.41, 5.74) is 2.53. The van der Waals surface area contributed by atoms with E-state index in [2.05, 4.69) is 0 Å². The van der Waals surface area contributed by atoms with Crippen molar-refractivity contribution in [2.75, 3.05) is 7.11 Å². The molecule has 0 aliphatic rings. The smallest absolute Gasteiger partial charge is 0.337 e. The molecule has 0 aliphatic carbocycles. The van der Waals surface area contributed by atoms with E-state index in [0.717, 1.165) is 16.7 Å². The van der Waals surface area contributed by atoms with E-state index in [4.69, 9.17) is 18.9 Å². The second kappa shape index (κ2) is 14.1. The number of ether oxygens (including phenoxy) is 4. The van der Waals surface area contributed by atoms with Gasteiger partial charge in [0.1, 0.15) is 18.3 Å². The van der Waals surface area contributed by atoms with Gasteiger partial charge in [-0.15, -0.1) is 0 Å². The third-order valence-electron chi connectivity index (χ3n) is 5.39. The maximum Gasteiger partial charge on any atom is 0.337 e. The number of hydrogen-bond donors (Lipinski definition) is 1. The van der Waals surface area contributed by atoms with Gasteiger partial charge in [-0.3, -0.25) is 0 Å². The Labute approximate surface area is 205 Å². The van der Waals surface area contributed by atoms with E-state index in [1.54, 1.807) is 0 Å². The van der Waals surface area contributed by atoms with Crippen LogP contribution in [0.25, 0.3) is 0 Å². The summed E-state index contributed by atoms with van der Waals surface area (Å²) in [6, 6.07) is 28.0. The molecule has 7 nitrogen and oxygen atoms in total. The highest BCUT2D eigenvalue weighted by Gasteiger charge is 2.40. The van der Waals surface area contributed by atoms with Gasteiger partial charge < -0.3 is 28.8 Å². The number of benzene rings is 3. The summed E-state index contributed by atoms with van der Waals surface area (Å²) < 4.78 is 22.7. The largest absolute Gasteiger partial charge is 0.467 e. The molecular formula is C28H30O7. The van der Waals surface area contributed by atoms with Crippen LogP contribution in [0.2, 0.25) is 0 Å². The highest BCUT2D eigenvalue weighted by atomic mass is 16.6. The van der Waals surface area contributed by atoms with Crippen molar-refractivity contribution in [3.05, 3.63) is 108 Å². The van der Waals surface area contributed by atoms with Crippen LogP contribution in [0.15, 0.2) is 91.0 Å². The zero-order valence-corrected chi connectivity index (χ0v) is 19.6. The standard InChI is InChI=1S/C28H30O7/c1-32-28(31)25(30)27(35-20-23-15-9-4-10-16-23)26(34-19-22-13-7-3-8-14-22)24(17-29)33-18-21-11-5-2-6-12-21/h2-17,24-27,30H,18-20H2,1H3/t24-,25-,26+,27-/m0/s1. The van der Waals surface area contributed by atoms with E-state index >= 15 is 0 Å². The number of aliphatic hydroxyl groups excluding tert-OH is 1. The Morgan fingerprint density at radius 2 is 1.11 bits per heavy atom. The van der Waals surface area contributed by atoms with Gasteiger partial charge in [0.15, 0.2) is 12.4 Å². The molecule has 0 aromatic heterocycles. The zero-order chi connectivity index (χ0) is 24.9. The molecule has 0 fully saturated rings. The van der Waals surface area contributed by atoms with Crippen molar-refractivity contribution in [1.29, 1.82) is 0 Å². The van der Waals surface area contributed by atoms with Crippen molar-refractivity contribution in [1.82, 2.24) is 0 Å². The first-order valence-corrected chi connectivity index (χ1v) is 11.3. The minimum absolute atomic E-state index is 0.0784. The van der Waals surface area contributed by atoms with Crippen molar-refractivity contribution >= 4 is 12.3 Å². The molecule has 184 valence electrons. The molecule has 0 saturated heterocycles. The molecule has 0 aliphatic heterocycles. The Balaban J connectivity index is 1.86. The number of aldehydes is 1. The van der Waals surface area contributed by atoms with Crippen molar-refractivity contribution in [3.8, 4) is 0 Å². The lowest BCUT2D eigenvalue weighted by Gasteiger charge is -2.33. The Morgan fingerprint density at radius 1 is 0.714 bits per heavy atom. The van der Waals surface area contributed by atoms with Crippen LogP contribution >= 0.6 is 0 Å². The maximum atomic E-state index is 12.3. The fourth-order valence-electron chi connectivity index (χ4n) is 3.51. The minimum Gasteiger partial charge on any atom is -0.467 e. The summed E-state index contributed by atoms with van der Waals surface area (Å²) in [7, 11) is 1.17. The van der Waals surface area contributed by atoms with Crippen LogP contribution < -0.4 is 0 Å². The van der Waals surface area contributed by atoms with Gasteiger partial charge in [0.05, 0.1) is 26.9 Å². The van der Waals surface area contributed by atoms with Crippen molar-refractivity contribution in [3.63, 3.8) is 0 Å². The van der Waals surface area contributed by atoms with Gasteiger partial charge in [0.2, 0.25) is 0 Å². The first-order valence-electron chi connectivity index (χ1n) is 11.3. The van der Waals surface area contributed by atoms with Crippen molar-refractivity contribution in [2.45, 2.75) is 44.2 Å². The number of carbonyl (C=O) groups excluding carboxylic acids is 2. The van der Waals surface area contributed by atoms with Crippen molar-refractivity contribution in [2.24, 2.45) is 0 Å². The molecule has 0 heterocycles. The second-order valence-electron chi connectivity index (χ2n) is 7.89. The lowest BCUT2D eigenvalue weighted by molar-refractivity contribution is -0.191. The normalized spacial score (nSPS) is 14.5. The Bertz CT molecular complexity index is 1010. The van der Waals surface area contributed by atoms with E-state index in [0.29, 0.717) is 6.29 Å². The average molecular weight is 479 g/mol. The second-order valence-corrected chi connectivity index (χ2v) is 7.89. The van der Waals surface area contributed by atoms with E-state index in [1.165, 1.54) is 7.11 Å². The molecule has 3 aromatic carbocycles. The molecule has 0 radical (unpaired) electrons. The predicted octanol–water partition coefficient (Wildman–Crippen LogP) is 3.48. The predicted molar refractivity (Wildman–Crippen MR) is 129 cm³/mol. The van der Waals surface area contributed by atoms with E-state index in [1.807, 2.05) is 91.0 Å². The molecule has 4 atom stereocenters. The van der Waals surface area contributed by atoms with Gasteiger partial charge in [-0.2, -0.15) is 0 Å². The van der Waals surface area contributed by atoms with Crippen LogP contribution in [0, 0.1) is 0 Å². The topological polar surface area (TPSA) is 91.3 Å². The third kappa shape index (κ3) is 8.12. The molecule has 7 heteroatoms. The molecular weight excluding hydrogens is 448 g/mol. The van der Waals surface area contributed by atoms with Gasteiger partial charge >= 0.3 is 5.97 Å².